The SMILES string of the molecule is O=C(Nc1c(C(=O)c2ccc3c(c2)OCCO3)oc2ccccc12)c1ccc(Cl)cc1Cl. The zero-order chi connectivity index (χ0) is 22.2. The number of furan rings is 1. The van der Waals surface area contributed by atoms with Crippen LogP contribution in [0, 0.1) is 0 Å². The van der Waals surface area contributed by atoms with Gasteiger partial charge in [-0.1, -0.05) is 35.3 Å². The zero-order valence-electron chi connectivity index (χ0n) is 16.5. The highest BCUT2D eigenvalue weighted by molar-refractivity contribution is 6.37. The van der Waals surface area contributed by atoms with Gasteiger partial charge >= 0.3 is 0 Å². The summed E-state index contributed by atoms with van der Waals surface area (Å²) >= 11 is 12.1. The second-order valence-electron chi connectivity index (χ2n) is 7.07. The van der Waals surface area contributed by atoms with Crippen molar-refractivity contribution in [3.8, 4) is 11.5 Å². The molecule has 0 aliphatic carbocycles. The van der Waals surface area contributed by atoms with E-state index in [4.69, 9.17) is 37.1 Å². The zero-order valence-corrected chi connectivity index (χ0v) is 18.0. The van der Waals surface area contributed by atoms with Crippen LogP contribution in [0.1, 0.15) is 26.5 Å². The number of ketones is 1. The van der Waals surface area contributed by atoms with Crippen LogP contribution in [0.2, 0.25) is 10.0 Å². The number of benzene rings is 3. The summed E-state index contributed by atoms with van der Waals surface area (Å²) in [4.78, 5) is 26.3. The van der Waals surface area contributed by atoms with Gasteiger partial charge < -0.3 is 19.2 Å². The Bertz CT molecular complexity index is 1380. The standard InChI is InChI=1S/C24H15Cl2NO5/c25-14-6-7-15(17(26)12-14)24(29)27-21-16-3-1-2-4-18(16)32-23(21)22(28)13-5-8-19-20(11-13)31-10-9-30-19/h1-8,11-12H,9-10H2,(H,27,29). The number of rotatable bonds is 4. The van der Waals surface area contributed by atoms with Crippen LogP contribution in [-0.2, 0) is 0 Å². The second-order valence-corrected chi connectivity index (χ2v) is 7.91. The van der Waals surface area contributed by atoms with Gasteiger partial charge in [-0.25, -0.2) is 0 Å². The van der Waals surface area contributed by atoms with Gasteiger partial charge in [0, 0.05) is 16.0 Å². The van der Waals surface area contributed by atoms with E-state index in [1.165, 1.54) is 12.1 Å². The Labute approximate surface area is 192 Å². The lowest BCUT2D eigenvalue weighted by Gasteiger charge is -2.18. The van der Waals surface area contributed by atoms with Gasteiger partial charge in [-0.2, -0.15) is 0 Å². The van der Waals surface area contributed by atoms with Crippen molar-refractivity contribution in [1.29, 1.82) is 0 Å². The number of nitrogens with one attached hydrogen (secondary N) is 1. The molecule has 1 N–H and O–H groups in total. The van der Waals surface area contributed by atoms with Crippen LogP contribution in [0.4, 0.5) is 5.69 Å². The lowest BCUT2D eigenvalue weighted by Crippen LogP contribution is -2.16. The van der Waals surface area contributed by atoms with E-state index < -0.39 is 11.7 Å². The molecule has 160 valence electrons. The third-order valence-electron chi connectivity index (χ3n) is 5.02. The largest absolute Gasteiger partial charge is 0.486 e. The topological polar surface area (TPSA) is 77.8 Å². The van der Waals surface area contributed by atoms with Gasteiger partial charge in [0.1, 0.15) is 18.8 Å². The number of ether oxygens (including phenoxy) is 2. The Morgan fingerprint density at radius 2 is 1.66 bits per heavy atom. The van der Waals surface area contributed by atoms with Crippen molar-refractivity contribution in [1.82, 2.24) is 0 Å². The van der Waals surface area contributed by atoms with Crippen molar-refractivity contribution in [2.75, 3.05) is 18.5 Å². The Kier molecular flexibility index (Phi) is 5.25. The molecule has 0 atom stereocenters. The molecule has 0 fully saturated rings. The van der Waals surface area contributed by atoms with E-state index >= 15 is 0 Å². The first-order valence-electron chi connectivity index (χ1n) is 9.73. The molecule has 8 heteroatoms. The average molecular weight is 468 g/mol. The molecular formula is C24H15Cl2NO5. The average Bonchev–Trinajstić information content (AvgIpc) is 3.16. The number of hydrogen-bond acceptors (Lipinski definition) is 5. The van der Waals surface area contributed by atoms with E-state index in [0.29, 0.717) is 46.3 Å². The molecule has 4 aromatic rings. The molecule has 32 heavy (non-hydrogen) atoms. The second kappa shape index (κ2) is 8.22. The van der Waals surface area contributed by atoms with E-state index in [2.05, 4.69) is 5.32 Å². The van der Waals surface area contributed by atoms with E-state index in [1.54, 1.807) is 48.5 Å². The van der Waals surface area contributed by atoms with Crippen LogP contribution in [0.25, 0.3) is 11.0 Å². The van der Waals surface area contributed by atoms with E-state index in [9.17, 15) is 9.59 Å². The predicted molar refractivity (Wildman–Crippen MR) is 121 cm³/mol. The smallest absolute Gasteiger partial charge is 0.257 e. The number of hydrogen-bond donors (Lipinski definition) is 1. The first-order valence-corrected chi connectivity index (χ1v) is 10.5. The van der Waals surface area contributed by atoms with Crippen LogP contribution in [0.3, 0.4) is 0 Å². The first-order chi connectivity index (χ1) is 15.5. The molecule has 0 saturated heterocycles. The number of halogens is 2. The Morgan fingerprint density at radius 3 is 2.47 bits per heavy atom. The lowest BCUT2D eigenvalue weighted by molar-refractivity contribution is 0.101. The number of fused-ring (bicyclic) bond motifs is 2. The maximum absolute atomic E-state index is 13.4. The highest BCUT2D eigenvalue weighted by Gasteiger charge is 2.25. The van der Waals surface area contributed by atoms with Crippen LogP contribution in [-0.4, -0.2) is 24.9 Å². The van der Waals surface area contributed by atoms with Gasteiger partial charge in [0.25, 0.3) is 5.91 Å². The van der Waals surface area contributed by atoms with Crippen molar-refractivity contribution in [2.45, 2.75) is 0 Å². The number of para-hydroxylation sites is 1. The van der Waals surface area contributed by atoms with E-state index in [1.807, 2.05) is 0 Å². The Morgan fingerprint density at radius 1 is 0.875 bits per heavy atom. The summed E-state index contributed by atoms with van der Waals surface area (Å²) in [5.74, 6) is 0.159. The molecule has 2 heterocycles. The molecule has 0 radical (unpaired) electrons. The predicted octanol–water partition coefficient (Wildman–Crippen LogP) is 5.99. The van der Waals surface area contributed by atoms with Crippen LogP contribution in [0.5, 0.6) is 11.5 Å². The van der Waals surface area contributed by atoms with Crippen molar-refractivity contribution >= 4 is 51.5 Å². The summed E-state index contributed by atoms with van der Waals surface area (Å²) in [5, 5.41) is 3.98. The van der Waals surface area contributed by atoms with Gasteiger partial charge in [-0.3, -0.25) is 9.59 Å². The maximum atomic E-state index is 13.4. The molecule has 0 unspecified atom stereocenters. The van der Waals surface area contributed by atoms with Gasteiger partial charge in [-0.05, 0) is 48.5 Å². The molecule has 5 rings (SSSR count). The summed E-state index contributed by atoms with van der Waals surface area (Å²) < 4.78 is 17.0. The minimum Gasteiger partial charge on any atom is -0.486 e. The summed E-state index contributed by atoms with van der Waals surface area (Å²) in [6.45, 7) is 0.853. The molecule has 3 aromatic carbocycles. The molecule has 1 aromatic heterocycles. The molecule has 6 nitrogen and oxygen atoms in total. The first kappa shape index (κ1) is 20.4. The highest BCUT2D eigenvalue weighted by atomic mass is 35.5. The molecular weight excluding hydrogens is 453 g/mol. The quantitative estimate of drug-likeness (QED) is 0.372. The van der Waals surface area contributed by atoms with Gasteiger partial charge in [0.15, 0.2) is 17.3 Å². The highest BCUT2D eigenvalue weighted by Crippen LogP contribution is 2.36. The molecule has 0 spiro atoms. The summed E-state index contributed by atoms with van der Waals surface area (Å²) in [6, 6.07) is 16.5. The number of amides is 1. The van der Waals surface area contributed by atoms with E-state index in [0.717, 1.165) is 0 Å². The van der Waals surface area contributed by atoms with Crippen molar-refractivity contribution in [2.24, 2.45) is 0 Å². The van der Waals surface area contributed by atoms with Crippen LogP contribution in [0.15, 0.2) is 65.1 Å². The molecule has 1 amide bonds. The normalized spacial score (nSPS) is 12.6. The monoisotopic (exact) mass is 467 g/mol. The van der Waals surface area contributed by atoms with Gasteiger partial charge in [0.05, 0.1) is 16.3 Å². The summed E-state index contributed by atoms with van der Waals surface area (Å²) in [7, 11) is 0. The van der Waals surface area contributed by atoms with Crippen molar-refractivity contribution < 1.29 is 23.5 Å². The number of carbonyl (C=O) groups excluding carboxylic acids is 2. The maximum Gasteiger partial charge on any atom is 0.257 e. The van der Waals surface area contributed by atoms with Crippen molar-refractivity contribution in [3.63, 3.8) is 0 Å². The lowest BCUT2D eigenvalue weighted by atomic mass is 10.1. The molecule has 0 bridgehead atoms. The van der Waals surface area contributed by atoms with E-state index in [-0.39, 0.29) is 22.0 Å². The van der Waals surface area contributed by atoms with Crippen LogP contribution >= 0.6 is 23.2 Å². The molecule has 0 saturated carbocycles. The van der Waals surface area contributed by atoms with Crippen LogP contribution < -0.4 is 14.8 Å². The van der Waals surface area contributed by atoms with Gasteiger partial charge in [0.2, 0.25) is 5.78 Å². The molecule has 1 aliphatic rings. The Hall–Kier alpha value is -3.48. The Balaban J connectivity index is 1.56. The number of carbonyl (C=O) groups is 2. The molecule has 1 aliphatic heterocycles. The van der Waals surface area contributed by atoms with Crippen molar-refractivity contribution in [3.05, 3.63) is 87.6 Å². The third kappa shape index (κ3) is 3.68. The summed E-state index contributed by atoms with van der Waals surface area (Å²) in [5.41, 5.74) is 1.29. The number of anilines is 1. The summed E-state index contributed by atoms with van der Waals surface area (Å²) in [6.07, 6.45) is 0. The fourth-order valence-corrected chi connectivity index (χ4v) is 3.99. The fourth-order valence-electron chi connectivity index (χ4n) is 3.50. The van der Waals surface area contributed by atoms with Gasteiger partial charge in [-0.15, -0.1) is 0 Å². The fraction of sp³-hybridized carbons (Fsp3) is 0.0833. The minimum absolute atomic E-state index is 0.00122. The minimum atomic E-state index is -0.491. The third-order valence-corrected chi connectivity index (χ3v) is 5.57.